The molecule has 0 aliphatic heterocycles. The molecule has 1 amide bonds. The third-order valence-electron chi connectivity index (χ3n) is 5.12. The second kappa shape index (κ2) is 10.1. The molecule has 0 aliphatic carbocycles. The van der Waals surface area contributed by atoms with E-state index in [0.717, 1.165) is 32.8 Å². The Kier molecular flexibility index (Phi) is 6.45. The van der Waals surface area contributed by atoms with Crippen LogP contribution in [-0.2, 0) is 11.2 Å². The predicted molar refractivity (Wildman–Crippen MR) is 137 cm³/mol. The van der Waals surface area contributed by atoms with Gasteiger partial charge in [0.1, 0.15) is 0 Å². The maximum absolute atomic E-state index is 12.4. The minimum Gasteiger partial charge on any atom is -0.324 e. The Balaban J connectivity index is 1.32. The van der Waals surface area contributed by atoms with E-state index in [4.69, 9.17) is 0 Å². The van der Waals surface area contributed by atoms with Crippen LogP contribution in [0.15, 0.2) is 108 Å². The molecule has 2 N–H and O–H groups in total. The van der Waals surface area contributed by atoms with Crippen molar-refractivity contribution in [2.45, 2.75) is 11.3 Å². The van der Waals surface area contributed by atoms with Crippen LogP contribution in [0, 0.1) is 0 Å². The van der Waals surface area contributed by atoms with Gasteiger partial charge >= 0.3 is 0 Å². The minimum atomic E-state index is -0.130. The molecule has 0 bridgehead atoms. The molecule has 0 unspecified atom stereocenters. The lowest BCUT2D eigenvalue weighted by molar-refractivity contribution is -0.115. The third-order valence-corrected chi connectivity index (χ3v) is 5.96. The van der Waals surface area contributed by atoms with Crippen molar-refractivity contribution in [2.75, 3.05) is 10.0 Å². The fourth-order valence-electron chi connectivity index (χ4n) is 3.48. The van der Waals surface area contributed by atoms with E-state index in [9.17, 15) is 4.79 Å². The lowest BCUT2D eigenvalue weighted by Gasteiger charge is -2.09. The molecule has 0 spiro atoms. The molecule has 7 heteroatoms. The zero-order chi connectivity index (χ0) is 23.2. The monoisotopic (exact) mass is 463 g/mol. The van der Waals surface area contributed by atoms with Crippen LogP contribution in [0.2, 0.25) is 0 Å². The third kappa shape index (κ3) is 5.39. The normalized spacial score (nSPS) is 10.7. The Labute approximate surface area is 201 Å². The molecular weight excluding hydrogens is 442 g/mol. The van der Waals surface area contributed by atoms with Gasteiger partial charge in [-0.1, -0.05) is 54.6 Å². The van der Waals surface area contributed by atoms with E-state index < -0.39 is 0 Å². The second-order valence-electron chi connectivity index (χ2n) is 7.65. The first kappa shape index (κ1) is 21.6. The summed E-state index contributed by atoms with van der Waals surface area (Å²) in [6.07, 6.45) is 5.48. The van der Waals surface area contributed by atoms with Crippen LogP contribution in [0.25, 0.3) is 22.2 Å². The fourth-order valence-corrected chi connectivity index (χ4v) is 4.12. The van der Waals surface area contributed by atoms with Gasteiger partial charge < -0.3 is 10.0 Å². The van der Waals surface area contributed by atoms with Crippen molar-refractivity contribution in [3.05, 3.63) is 109 Å². The molecule has 5 rings (SSSR count). The average Bonchev–Trinajstić information content (AvgIpc) is 2.88. The van der Waals surface area contributed by atoms with Gasteiger partial charge in [-0.15, -0.1) is 0 Å². The highest BCUT2D eigenvalue weighted by Crippen LogP contribution is 2.27. The molecule has 2 aromatic heterocycles. The quantitative estimate of drug-likeness (QED) is 0.289. The van der Waals surface area contributed by atoms with Gasteiger partial charge in [-0.05, 0) is 53.4 Å². The highest BCUT2D eigenvalue weighted by atomic mass is 32.2. The number of carbonyl (C=O) groups excluding carboxylic acids is 1. The fraction of sp³-hybridized carbons (Fsp3) is 0.0370. The van der Waals surface area contributed by atoms with E-state index in [0.29, 0.717) is 11.3 Å². The van der Waals surface area contributed by atoms with Gasteiger partial charge in [0.2, 0.25) is 5.91 Å². The first-order chi connectivity index (χ1) is 16.7. The van der Waals surface area contributed by atoms with Crippen LogP contribution in [-0.4, -0.2) is 20.9 Å². The number of carbonyl (C=O) groups is 1. The average molecular weight is 464 g/mol. The topological polar surface area (TPSA) is 79.8 Å². The van der Waals surface area contributed by atoms with Gasteiger partial charge in [0.15, 0.2) is 5.82 Å². The van der Waals surface area contributed by atoms with Gasteiger partial charge in [0.05, 0.1) is 35.5 Å². The molecule has 0 radical (unpaired) electrons. The summed E-state index contributed by atoms with van der Waals surface area (Å²) < 4.78 is 3.34. The van der Waals surface area contributed by atoms with Gasteiger partial charge in [-0.3, -0.25) is 14.8 Å². The molecule has 3 aromatic carbocycles. The summed E-state index contributed by atoms with van der Waals surface area (Å²) in [4.78, 5) is 27.0. The lowest BCUT2D eigenvalue weighted by atomic mass is 10.1. The molecule has 2 heterocycles. The maximum atomic E-state index is 12.4. The van der Waals surface area contributed by atoms with E-state index in [1.807, 2.05) is 91.1 Å². The van der Waals surface area contributed by atoms with Crippen molar-refractivity contribution >= 4 is 40.4 Å². The number of anilines is 2. The number of fused-ring (bicyclic) bond motifs is 1. The Bertz CT molecular complexity index is 1430. The van der Waals surface area contributed by atoms with E-state index >= 15 is 0 Å². The molecule has 0 saturated heterocycles. The van der Waals surface area contributed by atoms with Gasteiger partial charge in [0, 0.05) is 16.7 Å². The molecule has 34 heavy (non-hydrogen) atoms. The Morgan fingerprint density at radius 2 is 1.59 bits per heavy atom. The molecule has 0 saturated carbocycles. The standard InChI is InChI=1S/C27H21N5OS/c33-27(13-19-7-3-1-4-8-19)31-26-18-29-24-12-11-20(15-25(24)30-26)21-14-22(17-28-16-21)32-34-23-9-5-2-6-10-23/h1-12,14-18,32H,13H2,(H,30,31,33). The number of benzene rings is 3. The summed E-state index contributed by atoms with van der Waals surface area (Å²) in [6.45, 7) is 0. The number of pyridine rings is 1. The zero-order valence-corrected chi connectivity index (χ0v) is 19.0. The van der Waals surface area contributed by atoms with Crippen LogP contribution < -0.4 is 10.0 Å². The van der Waals surface area contributed by atoms with Crippen molar-refractivity contribution in [3.63, 3.8) is 0 Å². The van der Waals surface area contributed by atoms with Crippen LogP contribution in [0.4, 0.5) is 11.5 Å². The van der Waals surface area contributed by atoms with Gasteiger partial charge in [-0.25, -0.2) is 4.98 Å². The number of hydrogen-bond donors (Lipinski definition) is 2. The van der Waals surface area contributed by atoms with Gasteiger partial charge in [0.25, 0.3) is 0 Å². The number of aromatic nitrogens is 3. The van der Waals surface area contributed by atoms with Crippen molar-refractivity contribution in [1.29, 1.82) is 0 Å². The number of nitrogens with one attached hydrogen (secondary N) is 2. The van der Waals surface area contributed by atoms with E-state index in [2.05, 4.69) is 25.0 Å². The maximum Gasteiger partial charge on any atom is 0.229 e. The van der Waals surface area contributed by atoms with Gasteiger partial charge in [-0.2, -0.15) is 0 Å². The highest BCUT2D eigenvalue weighted by molar-refractivity contribution is 8.00. The van der Waals surface area contributed by atoms with Crippen molar-refractivity contribution < 1.29 is 4.79 Å². The largest absolute Gasteiger partial charge is 0.324 e. The lowest BCUT2D eigenvalue weighted by Crippen LogP contribution is -2.15. The first-order valence-corrected chi connectivity index (χ1v) is 11.6. The number of nitrogens with zero attached hydrogens (tertiary/aromatic N) is 3. The molecule has 5 aromatic rings. The summed E-state index contributed by atoms with van der Waals surface area (Å²) in [5.74, 6) is 0.299. The van der Waals surface area contributed by atoms with Crippen LogP contribution >= 0.6 is 11.9 Å². The number of rotatable bonds is 7. The van der Waals surface area contributed by atoms with Crippen molar-refractivity contribution in [3.8, 4) is 11.1 Å². The summed E-state index contributed by atoms with van der Waals surface area (Å²) in [6, 6.07) is 27.6. The number of amides is 1. The van der Waals surface area contributed by atoms with Crippen molar-refractivity contribution in [2.24, 2.45) is 0 Å². The summed E-state index contributed by atoms with van der Waals surface area (Å²) in [7, 11) is 0. The predicted octanol–water partition coefficient (Wildman–Crippen LogP) is 5.99. The molecular formula is C27H21N5OS. The van der Waals surface area contributed by atoms with E-state index in [1.165, 1.54) is 11.9 Å². The highest BCUT2D eigenvalue weighted by Gasteiger charge is 2.08. The first-order valence-electron chi connectivity index (χ1n) is 10.8. The summed E-state index contributed by atoms with van der Waals surface area (Å²) in [5, 5.41) is 2.85. The summed E-state index contributed by atoms with van der Waals surface area (Å²) >= 11 is 1.54. The number of hydrogen-bond acceptors (Lipinski definition) is 6. The van der Waals surface area contributed by atoms with Crippen LogP contribution in [0.1, 0.15) is 5.56 Å². The zero-order valence-electron chi connectivity index (χ0n) is 18.2. The van der Waals surface area contributed by atoms with E-state index in [-0.39, 0.29) is 12.3 Å². The second-order valence-corrected chi connectivity index (χ2v) is 8.53. The molecule has 166 valence electrons. The minimum absolute atomic E-state index is 0.130. The molecule has 6 nitrogen and oxygen atoms in total. The van der Waals surface area contributed by atoms with Crippen LogP contribution in [0.3, 0.4) is 0 Å². The van der Waals surface area contributed by atoms with E-state index in [1.54, 1.807) is 12.4 Å². The van der Waals surface area contributed by atoms with Crippen LogP contribution in [0.5, 0.6) is 0 Å². The summed E-state index contributed by atoms with van der Waals surface area (Å²) in [5.41, 5.74) is 5.23. The molecule has 0 fully saturated rings. The Morgan fingerprint density at radius 3 is 2.41 bits per heavy atom. The SMILES string of the molecule is O=C(Cc1ccccc1)Nc1cnc2ccc(-c3cncc(NSc4ccccc4)c3)cc2n1. The molecule has 0 aliphatic rings. The Morgan fingerprint density at radius 1 is 0.794 bits per heavy atom. The smallest absolute Gasteiger partial charge is 0.229 e. The molecule has 0 atom stereocenters. The van der Waals surface area contributed by atoms with Crippen molar-refractivity contribution in [1.82, 2.24) is 15.0 Å². The Hall–Kier alpha value is -4.23.